The number of unbranched alkanes of at least 4 members (excludes halogenated alkanes) is 1. The molecule has 0 aromatic rings. The van der Waals surface area contributed by atoms with Crippen molar-refractivity contribution in [1.29, 1.82) is 0 Å². The van der Waals surface area contributed by atoms with Crippen molar-refractivity contribution in [3.8, 4) is 0 Å². The van der Waals surface area contributed by atoms with E-state index in [-0.39, 0.29) is 0 Å². The van der Waals surface area contributed by atoms with Crippen molar-refractivity contribution in [3.63, 3.8) is 0 Å². The molecule has 0 aliphatic carbocycles. The minimum atomic E-state index is 0.688. The molecule has 11 heavy (non-hydrogen) atoms. The molecule has 0 spiro atoms. The standard InChI is InChI=1S/C10H19N/c1-9(2)6-4-5-7-10(3)8-11/h7H,1,4-6,8,11H2,2-3H3/b10-7+. The van der Waals surface area contributed by atoms with Crippen LogP contribution in [0.3, 0.4) is 0 Å². The van der Waals surface area contributed by atoms with Crippen LogP contribution in [0, 0.1) is 0 Å². The molecular weight excluding hydrogens is 134 g/mol. The Kier molecular flexibility index (Phi) is 5.86. The highest BCUT2D eigenvalue weighted by Gasteiger charge is 1.87. The van der Waals surface area contributed by atoms with Crippen LogP contribution in [0.15, 0.2) is 23.8 Å². The zero-order valence-corrected chi connectivity index (χ0v) is 7.69. The number of rotatable bonds is 5. The Labute approximate surface area is 70.0 Å². The van der Waals surface area contributed by atoms with E-state index in [1.54, 1.807) is 0 Å². The lowest BCUT2D eigenvalue weighted by atomic mass is 10.1. The number of nitrogens with two attached hydrogens (primary N) is 1. The fourth-order valence-electron chi connectivity index (χ4n) is 0.836. The third-order valence-electron chi connectivity index (χ3n) is 1.62. The van der Waals surface area contributed by atoms with Gasteiger partial charge in [-0.2, -0.15) is 0 Å². The summed E-state index contributed by atoms with van der Waals surface area (Å²) in [5.41, 5.74) is 7.98. The van der Waals surface area contributed by atoms with E-state index in [0.717, 1.165) is 12.8 Å². The minimum Gasteiger partial charge on any atom is -0.327 e. The summed E-state index contributed by atoms with van der Waals surface area (Å²) in [5, 5.41) is 0. The summed E-state index contributed by atoms with van der Waals surface area (Å²) in [7, 11) is 0. The second-order valence-corrected chi connectivity index (χ2v) is 3.10. The lowest BCUT2D eigenvalue weighted by molar-refractivity contribution is 0.828. The summed E-state index contributed by atoms with van der Waals surface area (Å²) in [6, 6.07) is 0. The lowest BCUT2D eigenvalue weighted by Crippen LogP contribution is -1.99. The molecule has 0 atom stereocenters. The van der Waals surface area contributed by atoms with Crippen LogP contribution in [0.1, 0.15) is 33.1 Å². The molecule has 0 fully saturated rings. The van der Waals surface area contributed by atoms with Gasteiger partial charge in [0.15, 0.2) is 0 Å². The van der Waals surface area contributed by atoms with E-state index in [0.29, 0.717) is 6.54 Å². The first-order chi connectivity index (χ1) is 5.16. The molecule has 0 saturated carbocycles. The van der Waals surface area contributed by atoms with Crippen LogP contribution >= 0.6 is 0 Å². The normalized spacial score (nSPS) is 11.7. The van der Waals surface area contributed by atoms with Crippen LogP contribution in [0.2, 0.25) is 0 Å². The Balaban J connectivity index is 3.33. The largest absolute Gasteiger partial charge is 0.327 e. The van der Waals surface area contributed by atoms with Gasteiger partial charge in [0.1, 0.15) is 0 Å². The van der Waals surface area contributed by atoms with Gasteiger partial charge in [-0.05, 0) is 33.1 Å². The van der Waals surface area contributed by atoms with E-state index < -0.39 is 0 Å². The zero-order valence-electron chi connectivity index (χ0n) is 7.69. The van der Waals surface area contributed by atoms with Crippen molar-refractivity contribution >= 4 is 0 Å². The molecule has 0 radical (unpaired) electrons. The molecular formula is C10H19N. The van der Waals surface area contributed by atoms with E-state index in [1.165, 1.54) is 17.6 Å². The van der Waals surface area contributed by atoms with E-state index in [2.05, 4.69) is 26.5 Å². The first kappa shape index (κ1) is 10.4. The van der Waals surface area contributed by atoms with E-state index in [9.17, 15) is 0 Å². The summed E-state index contributed by atoms with van der Waals surface area (Å²) < 4.78 is 0. The van der Waals surface area contributed by atoms with Gasteiger partial charge in [0.2, 0.25) is 0 Å². The third-order valence-corrected chi connectivity index (χ3v) is 1.62. The maximum Gasteiger partial charge on any atom is 0.0134 e. The van der Waals surface area contributed by atoms with Gasteiger partial charge in [-0.1, -0.05) is 17.2 Å². The molecule has 0 bridgehead atoms. The van der Waals surface area contributed by atoms with E-state index >= 15 is 0 Å². The van der Waals surface area contributed by atoms with Crippen LogP contribution in [-0.2, 0) is 0 Å². The van der Waals surface area contributed by atoms with Gasteiger partial charge in [-0.15, -0.1) is 6.58 Å². The van der Waals surface area contributed by atoms with Crippen molar-refractivity contribution in [2.45, 2.75) is 33.1 Å². The third kappa shape index (κ3) is 7.34. The first-order valence-corrected chi connectivity index (χ1v) is 4.17. The molecule has 64 valence electrons. The second-order valence-electron chi connectivity index (χ2n) is 3.10. The van der Waals surface area contributed by atoms with E-state index in [1.807, 2.05) is 0 Å². The average molecular weight is 153 g/mol. The smallest absolute Gasteiger partial charge is 0.0134 e. The first-order valence-electron chi connectivity index (χ1n) is 4.17. The predicted octanol–water partition coefficient (Wildman–Crippen LogP) is 2.64. The molecule has 1 nitrogen and oxygen atoms in total. The van der Waals surface area contributed by atoms with E-state index in [4.69, 9.17) is 5.73 Å². The number of hydrogen-bond acceptors (Lipinski definition) is 1. The van der Waals surface area contributed by atoms with Gasteiger partial charge in [0, 0.05) is 6.54 Å². The highest BCUT2D eigenvalue weighted by molar-refractivity contribution is 4.99. The Hall–Kier alpha value is -0.560. The maximum absolute atomic E-state index is 5.43. The summed E-state index contributed by atoms with van der Waals surface area (Å²) in [6.45, 7) is 8.67. The van der Waals surface area contributed by atoms with Crippen LogP contribution in [0.25, 0.3) is 0 Å². The molecule has 0 aliphatic heterocycles. The summed E-state index contributed by atoms with van der Waals surface area (Å²) in [5.74, 6) is 0. The van der Waals surface area contributed by atoms with Gasteiger partial charge in [-0.3, -0.25) is 0 Å². The maximum atomic E-state index is 5.43. The van der Waals surface area contributed by atoms with Crippen molar-refractivity contribution in [2.75, 3.05) is 6.54 Å². The summed E-state index contributed by atoms with van der Waals surface area (Å²) >= 11 is 0. The number of hydrogen-bond donors (Lipinski definition) is 1. The molecule has 0 saturated heterocycles. The molecule has 0 heterocycles. The van der Waals surface area contributed by atoms with Crippen molar-refractivity contribution in [3.05, 3.63) is 23.8 Å². The van der Waals surface area contributed by atoms with Crippen LogP contribution in [0.4, 0.5) is 0 Å². The van der Waals surface area contributed by atoms with Crippen LogP contribution in [0.5, 0.6) is 0 Å². The monoisotopic (exact) mass is 153 g/mol. The fourth-order valence-corrected chi connectivity index (χ4v) is 0.836. The lowest BCUT2D eigenvalue weighted by Gasteiger charge is -1.97. The molecule has 2 N–H and O–H groups in total. The Morgan fingerprint density at radius 3 is 2.55 bits per heavy atom. The van der Waals surface area contributed by atoms with Gasteiger partial charge in [-0.25, -0.2) is 0 Å². The number of allylic oxidation sites excluding steroid dienone is 2. The second kappa shape index (κ2) is 6.17. The Morgan fingerprint density at radius 2 is 2.09 bits per heavy atom. The molecule has 0 rings (SSSR count). The van der Waals surface area contributed by atoms with Crippen molar-refractivity contribution in [2.24, 2.45) is 5.73 Å². The van der Waals surface area contributed by atoms with Crippen molar-refractivity contribution < 1.29 is 0 Å². The fraction of sp³-hybridized carbons (Fsp3) is 0.600. The highest BCUT2D eigenvalue weighted by Crippen LogP contribution is 2.05. The molecule has 0 amide bonds. The summed E-state index contributed by atoms with van der Waals surface area (Å²) in [6.07, 6.45) is 5.68. The molecule has 1 heteroatoms. The molecule has 0 aromatic carbocycles. The molecule has 0 unspecified atom stereocenters. The highest BCUT2D eigenvalue weighted by atomic mass is 14.5. The van der Waals surface area contributed by atoms with Crippen LogP contribution in [-0.4, -0.2) is 6.54 Å². The molecule has 0 aliphatic rings. The Morgan fingerprint density at radius 1 is 1.45 bits per heavy atom. The molecule has 0 aromatic heterocycles. The van der Waals surface area contributed by atoms with Crippen LogP contribution < -0.4 is 5.73 Å². The topological polar surface area (TPSA) is 26.0 Å². The van der Waals surface area contributed by atoms with Gasteiger partial charge < -0.3 is 5.73 Å². The Bertz CT molecular complexity index is 145. The summed E-state index contributed by atoms with van der Waals surface area (Å²) in [4.78, 5) is 0. The van der Waals surface area contributed by atoms with Crippen molar-refractivity contribution in [1.82, 2.24) is 0 Å². The average Bonchev–Trinajstić information content (AvgIpc) is 1.97. The minimum absolute atomic E-state index is 0.688. The van der Waals surface area contributed by atoms with Gasteiger partial charge in [0.05, 0.1) is 0 Å². The zero-order chi connectivity index (χ0) is 8.69. The quantitative estimate of drug-likeness (QED) is 0.477. The SMILES string of the molecule is C=C(C)CCC/C=C(\C)CN. The van der Waals surface area contributed by atoms with Gasteiger partial charge in [0.25, 0.3) is 0 Å². The van der Waals surface area contributed by atoms with Gasteiger partial charge >= 0.3 is 0 Å². The predicted molar refractivity (Wildman–Crippen MR) is 51.5 cm³/mol.